The van der Waals surface area contributed by atoms with E-state index in [9.17, 15) is 17.6 Å². The molecule has 2 rings (SSSR count). The molecule has 0 amide bonds. The zero-order valence-corrected chi connectivity index (χ0v) is 10.5. The highest BCUT2D eigenvalue weighted by molar-refractivity contribution is 5.71. The van der Waals surface area contributed by atoms with Gasteiger partial charge < -0.3 is 11.6 Å². The fraction of sp³-hybridized carbons (Fsp3) is 0.250. The SMILES string of the molecule is CCc1nc(-c2cc(F)cc(C(F)(F)F)c2)c(N)n1N. The number of halogens is 4. The number of hydrogen-bond acceptors (Lipinski definition) is 3. The lowest BCUT2D eigenvalue weighted by molar-refractivity contribution is -0.137. The van der Waals surface area contributed by atoms with E-state index in [1.54, 1.807) is 6.92 Å². The number of alkyl halides is 3. The lowest BCUT2D eigenvalue weighted by atomic mass is 10.1. The van der Waals surface area contributed by atoms with Crippen molar-refractivity contribution in [2.75, 3.05) is 11.6 Å². The minimum Gasteiger partial charge on any atom is -0.382 e. The Balaban J connectivity index is 2.61. The fourth-order valence-electron chi connectivity index (χ4n) is 1.85. The van der Waals surface area contributed by atoms with Gasteiger partial charge in [-0.25, -0.2) is 14.1 Å². The summed E-state index contributed by atoms with van der Waals surface area (Å²) in [7, 11) is 0. The van der Waals surface area contributed by atoms with Crippen molar-refractivity contribution in [2.45, 2.75) is 19.5 Å². The lowest BCUT2D eigenvalue weighted by Crippen LogP contribution is -2.14. The van der Waals surface area contributed by atoms with Crippen molar-refractivity contribution in [3.05, 3.63) is 35.4 Å². The van der Waals surface area contributed by atoms with Crippen molar-refractivity contribution in [3.8, 4) is 11.3 Å². The Morgan fingerprint density at radius 2 is 1.90 bits per heavy atom. The van der Waals surface area contributed by atoms with E-state index in [4.69, 9.17) is 11.6 Å². The van der Waals surface area contributed by atoms with Crippen LogP contribution in [0.1, 0.15) is 18.3 Å². The van der Waals surface area contributed by atoms with Crippen molar-refractivity contribution < 1.29 is 17.6 Å². The first-order chi connectivity index (χ1) is 9.24. The maximum atomic E-state index is 13.4. The minimum atomic E-state index is -4.65. The zero-order valence-electron chi connectivity index (χ0n) is 10.5. The summed E-state index contributed by atoms with van der Waals surface area (Å²) in [6.07, 6.45) is -4.20. The molecule has 0 saturated heterocycles. The van der Waals surface area contributed by atoms with E-state index in [1.807, 2.05) is 0 Å². The van der Waals surface area contributed by atoms with Gasteiger partial charge >= 0.3 is 6.18 Å². The van der Waals surface area contributed by atoms with Gasteiger partial charge in [0, 0.05) is 12.0 Å². The van der Waals surface area contributed by atoms with Crippen LogP contribution in [0, 0.1) is 5.82 Å². The topological polar surface area (TPSA) is 69.9 Å². The largest absolute Gasteiger partial charge is 0.416 e. The molecule has 0 aliphatic rings. The second-order valence-electron chi connectivity index (χ2n) is 4.21. The van der Waals surface area contributed by atoms with Gasteiger partial charge in [0.05, 0.1) is 5.56 Å². The number of nitrogens with two attached hydrogens (primary N) is 2. The predicted molar refractivity (Wildman–Crippen MR) is 66.6 cm³/mol. The number of imidazole rings is 1. The van der Waals surface area contributed by atoms with Crippen LogP contribution in [0.5, 0.6) is 0 Å². The molecular weight excluding hydrogens is 276 g/mol. The Morgan fingerprint density at radius 1 is 1.25 bits per heavy atom. The van der Waals surface area contributed by atoms with E-state index in [1.165, 1.54) is 0 Å². The first-order valence-corrected chi connectivity index (χ1v) is 5.74. The summed E-state index contributed by atoms with van der Waals surface area (Å²) in [6, 6.07) is 2.15. The van der Waals surface area contributed by atoms with Gasteiger partial charge in [0.15, 0.2) is 5.82 Å². The summed E-state index contributed by atoms with van der Waals surface area (Å²) < 4.78 is 52.4. The van der Waals surface area contributed by atoms with Crippen molar-refractivity contribution in [1.29, 1.82) is 0 Å². The van der Waals surface area contributed by atoms with E-state index in [0.29, 0.717) is 18.3 Å². The third-order valence-electron chi connectivity index (χ3n) is 2.84. The maximum Gasteiger partial charge on any atom is 0.416 e. The van der Waals surface area contributed by atoms with Gasteiger partial charge in [-0.2, -0.15) is 13.2 Å². The molecule has 0 saturated carbocycles. The molecule has 4 N–H and O–H groups in total. The van der Waals surface area contributed by atoms with Gasteiger partial charge in [0.2, 0.25) is 0 Å². The van der Waals surface area contributed by atoms with Crippen molar-refractivity contribution in [2.24, 2.45) is 0 Å². The van der Waals surface area contributed by atoms with E-state index in [-0.39, 0.29) is 17.1 Å². The number of benzene rings is 1. The van der Waals surface area contributed by atoms with Crippen molar-refractivity contribution in [3.63, 3.8) is 0 Å². The number of nitrogen functional groups attached to an aromatic ring is 2. The third-order valence-corrected chi connectivity index (χ3v) is 2.84. The number of hydrogen-bond donors (Lipinski definition) is 2. The van der Waals surface area contributed by atoms with Gasteiger partial charge in [-0.1, -0.05) is 6.92 Å². The van der Waals surface area contributed by atoms with Gasteiger partial charge in [0.1, 0.15) is 17.3 Å². The molecule has 0 spiro atoms. The van der Waals surface area contributed by atoms with Crippen LogP contribution < -0.4 is 11.6 Å². The van der Waals surface area contributed by atoms with E-state index in [2.05, 4.69) is 4.98 Å². The number of anilines is 1. The zero-order chi connectivity index (χ0) is 15.1. The first-order valence-electron chi connectivity index (χ1n) is 5.74. The average Bonchev–Trinajstić information content (AvgIpc) is 2.64. The average molecular weight is 288 g/mol. The molecule has 0 atom stereocenters. The molecule has 0 bridgehead atoms. The highest BCUT2D eigenvalue weighted by Crippen LogP contribution is 2.34. The van der Waals surface area contributed by atoms with Crippen LogP contribution in [-0.4, -0.2) is 9.66 Å². The summed E-state index contributed by atoms with van der Waals surface area (Å²) in [4.78, 5) is 4.04. The molecule has 8 heteroatoms. The Hall–Kier alpha value is -2.25. The highest BCUT2D eigenvalue weighted by atomic mass is 19.4. The van der Waals surface area contributed by atoms with Gasteiger partial charge in [-0.15, -0.1) is 0 Å². The second-order valence-corrected chi connectivity index (χ2v) is 4.21. The fourth-order valence-corrected chi connectivity index (χ4v) is 1.85. The van der Waals surface area contributed by atoms with Crippen LogP contribution in [0.4, 0.5) is 23.4 Å². The lowest BCUT2D eigenvalue weighted by Gasteiger charge is -2.08. The van der Waals surface area contributed by atoms with Crippen LogP contribution in [0.15, 0.2) is 18.2 Å². The van der Waals surface area contributed by atoms with Crippen LogP contribution >= 0.6 is 0 Å². The second kappa shape index (κ2) is 4.69. The summed E-state index contributed by atoms with van der Waals surface area (Å²) in [5.41, 5.74) is 4.57. The van der Waals surface area contributed by atoms with Gasteiger partial charge in [-0.3, -0.25) is 0 Å². The Labute approximate surface area is 112 Å². The molecule has 0 aliphatic heterocycles. The number of nitrogens with zero attached hydrogens (tertiary/aromatic N) is 2. The smallest absolute Gasteiger partial charge is 0.382 e. The van der Waals surface area contributed by atoms with E-state index in [0.717, 1.165) is 16.8 Å². The predicted octanol–water partition coefficient (Wildman–Crippen LogP) is 2.57. The molecule has 0 aliphatic carbocycles. The number of aryl methyl sites for hydroxylation is 1. The normalized spacial score (nSPS) is 11.8. The molecule has 4 nitrogen and oxygen atoms in total. The van der Waals surface area contributed by atoms with Gasteiger partial charge in [0.25, 0.3) is 0 Å². The van der Waals surface area contributed by atoms with Crippen LogP contribution in [0.25, 0.3) is 11.3 Å². The molecule has 1 aromatic heterocycles. The molecule has 0 fully saturated rings. The van der Waals surface area contributed by atoms with E-state index < -0.39 is 17.6 Å². The number of aromatic nitrogens is 2. The monoisotopic (exact) mass is 288 g/mol. The molecule has 0 unspecified atom stereocenters. The molecule has 0 radical (unpaired) electrons. The highest BCUT2D eigenvalue weighted by Gasteiger charge is 2.32. The van der Waals surface area contributed by atoms with Crippen LogP contribution in [0.2, 0.25) is 0 Å². The molecular formula is C12H12F4N4. The molecule has 1 aromatic carbocycles. The summed E-state index contributed by atoms with van der Waals surface area (Å²) in [5, 5.41) is 0. The molecule has 2 aromatic rings. The maximum absolute atomic E-state index is 13.4. The summed E-state index contributed by atoms with van der Waals surface area (Å²) in [6.45, 7) is 1.77. The number of rotatable bonds is 2. The standard InChI is InChI=1S/C12H12F4N4/c1-2-9-19-10(11(17)20(9)18)6-3-7(12(14,15)16)5-8(13)4-6/h3-5H,2,17-18H2,1H3. The third kappa shape index (κ3) is 2.40. The molecule has 20 heavy (non-hydrogen) atoms. The van der Waals surface area contributed by atoms with Gasteiger partial charge in [-0.05, 0) is 18.2 Å². The summed E-state index contributed by atoms with van der Waals surface area (Å²) in [5.74, 6) is 5.00. The summed E-state index contributed by atoms with van der Waals surface area (Å²) >= 11 is 0. The molecule has 108 valence electrons. The Bertz CT molecular complexity index is 646. The van der Waals surface area contributed by atoms with Crippen LogP contribution in [-0.2, 0) is 12.6 Å². The quantitative estimate of drug-likeness (QED) is 0.659. The van der Waals surface area contributed by atoms with Crippen molar-refractivity contribution >= 4 is 5.82 Å². The molecule has 1 heterocycles. The Kier molecular flexibility index (Phi) is 3.33. The van der Waals surface area contributed by atoms with Crippen molar-refractivity contribution in [1.82, 2.24) is 9.66 Å². The minimum absolute atomic E-state index is 0.0134. The van der Waals surface area contributed by atoms with Crippen LogP contribution in [0.3, 0.4) is 0 Å². The van der Waals surface area contributed by atoms with E-state index >= 15 is 0 Å². The first kappa shape index (κ1) is 14.2. The Morgan fingerprint density at radius 3 is 2.40 bits per heavy atom.